The molecule has 1 amide bonds. The predicted molar refractivity (Wildman–Crippen MR) is 95.1 cm³/mol. The highest BCUT2D eigenvalue weighted by Crippen LogP contribution is 2.20. The van der Waals surface area contributed by atoms with Crippen LogP contribution in [0.5, 0.6) is 0 Å². The normalized spacial score (nSPS) is 16.6. The molecule has 2 N–H and O–H groups in total. The first kappa shape index (κ1) is 17.4. The van der Waals surface area contributed by atoms with Crippen molar-refractivity contribution in [3.05, 3.63) is 28.7 Å². The van der Waals surface area contributed by atoms with Crippen LogP contribution in [0.3, 0.4) is 0 Å². The molecule has 1 heterocycles. The molecule has 1 aromatic rings. The second kappa shape index (κ2) is 9.28. The lowest BCUT2D eigenvalue weighted by atomic mass is 9.93. The van der Waals surface area contributed by atoms with Gasteiger partial charge in [-0.05, 0) is 76.1 Å². The average molecular weight is 368 g/mol. The van der Waals surface area contributed by atoms with Gasteiger partial charge in [0.1, 0.15) is 0 Å². The van der Waals surface area contributed by atoms with Crippen molar-refractivity contribution in [1.82, 2.24) is 10.2 Å². The smallest absolute Gasteiger partial charge is 0.225 e. The van der Waals surface area contributed by atoms with Crippen LogP contribution >= 0.6 is 15.9 Å². The highest BCUT2D eigenvalue weighted by Gasteiger charge is 2.19. The van der Waals surface area contributed by atoms with Crippen LogP contribution in [0.25, 0.3) is 0 Å². The Labute approximate surface area is 141 Å². The number of likely N-dealkylation sites (tertiary alicyclic amines) is 1. The number of rotatable bonds is 7. The Morgan fingerprint density at radius 2 is 1.95 bits per heavy atom. The van der Waals surface area contributed by atoms with Crippen molar-refractivity contribution in [3.63, 3.8) is 0 Å². The molecule has 0 aromatic heterocycles. The van der Waals surface area contributed by atoms with E-state index in [1.165, 1.54) is 19.3 Å². The van der Waals surface area contributed by atoms with Crippen LogP contribution in [-0.2, 0) is 4.79 Å². The van der Waals surface area contributed by atoms with Gasteiger partial charge in [0, 0.05) is 23.1 Å². The summed E-state index contributed by atoms with van der Waals surface area (Å²) in [4.78, 5) is 14.4. The fraction of sp³-hybridized carbons (Fsp3) is 0.588. The maximum atomic E-state index is 12.0. The molecule has 5 heteroatoms. The molecule has 1 aliphatic rings. The molecule has 1 fully saturated rings. The molecule has 22 heavy (non-hydrogen) atoms. The number of carbonyl (C=O) groups is 1. The van der Waals surface area contributed by atoms with Crippen molar-refractivity contribution < 1.29 is 4.79 Å². The third kappa shape index (κ3) is 6.07. The maximum Gasteiger partial charge on any atom is 0.225 e. The average Bonchev–Trinajstić information content (AvgIpc) is 2.54. The summed E-state index contributed by atoms with van der Waals surface area (Å²) in [6.45, 7) is 4.22. The standard InChI is InChI=1S/C17H26BrN3O/c1-19-10-6-14-7-11-21(12-8-14)13-9-17(22)20-16-4-2-15(18)3-5-16/h2-5,14,19H,6-13H2,1H3,(H,20,22). The zero-order valence-corrected chi connectivity index (χ0v) is 14.9. The molecule has 1 aliphatic heterocycles. The fourth-order valence-corrected chi connectivity index (χ4v) is 3.13. The van der Waals surface area contributed by atoms with Crippen LogP contribution in [0.2, 0.25) is 0 Å². The first-order chi connectivity index (χ1) is 10.7. The van der Waals surface area contributed by atoms with Crippen LogP contribution in [0.15, 0.2) is 28.7 Å². The topological polar surface area (TPSA) is 44.4 Å². The van der Waals surface area contributed by atoms with E-state index >= 15 is 0 Å². The highest BCUT2D eigenvalue weighted by molar-refractivity contribution is 9.10. The molecule has 0 radical (unpaired) electrons. The minimum atomic E-state index is 0.0969. The minimum absolute atomic E-state index is 0.0969. The number of halogens is 1. The molecular weight excluding hydrogens is 342 g/mol. The Morgan fingerprint density at radius 1 is 1.27 bits per heavy atom. The van der Waals surface area contributed by atoms with Crippen molar-refractivity contribution in [2.24, 2.45) is 5.92 Å². The summed E-state index contributed by atoms with van der Waals surface area (Å²) in [5, 5.41) is 6.17. The van der Waals surface area contributed by atoms with E-state index in [4.69, 9.17) is 0 Å². The second-order valence-corrected chi connectivity index (χ2v) is 6.90. The highest BCUT2D eigenvalue weighted by atomic mass is 79.9. The van der Waals surface area contributed by atoms with Gasteiger partial charge < -0.3 is 15.5 Å². The van der Waals surface area contributed by atoms with Crippen molar-refractivity contribution in [2.45, 2.75) is 25.7 Å². The van der Waals surface area contributed by atoms with Gasteiger partial charge in [0.25, 0.3) is 0 Å². The van der Waals surface area contributed by atoms with E-state index in [0.29, 0.717) is 6.42 Å². The third-order valence-electron chi connectivity index (χ3n) is 4.29. The Kier molecular flexibility index (Phi) is 7.36. The predicted octanol–water partition coefficient (Wildman–Crippen LogP) is 3.10. The van der Waals surface area contributed by atoms with Crippen LogP contribution < -0.4 is 10.6 Å². The number of nitrogens with zero attached hydrogens (tertiary/aromatic N) is 1. The summed E-state index contributed by atoms with van der Waals surface area (Å²) >= 11 is 3.39. The number of piperidine rings is 1. The molecule has 1 aromatic carbocycles. The van der Waals surface area contributed by atoms with Gasteiger partial charge in [-0.2, -0.15) is 0 Å². The SMILES string of the molecule is CNCCC1CCN(CCC(=O)Nc2ccc(Br)cc2)CC1. The van der Waals surface area contributed by atoms with Crippen LogP contribution in [0.1, 0.15) is 25.7 Å². The largest absolute Gasteiger partial charge is 0.326 e. The molecule has 4 nitrogen and oxygen atoms in total. The summed E-state index contributed by atoms with van der Waals surface area (Å²) in [5.74, 6) is 0.944. The number of hydrogen-bond donors (Lipinski definition) is 2. The van der Waals surface area contributed by atoms with E-state index in [1.54, 1.807) is 0 Å². The monoisotopic (exact) mass is 367 g/mol. The van der Waals surface area contributed by atoms with Gasteiger partial charge in [-0.3, -0.25) is 4.79 Å². The molecule has 2 rings (SSSR count). The van der Waals surface area contributed by atoms with Gasteiger partial charge in [-0.1, -0.05) is 15.9 Å². The summed E-state index contributed by atoms with van der Waals surface area (Å²) in [7, 11) is 2.01. The van der Waals surface area contributed by atoms with E-state index in [-0.39, 0.29) is 5.91 Å². The molecule has 0 bridgehead atoms. The van der Waals surface area contributed by atoms with Gasteiger partial charge in [0.2, 0.25) is 5.91 Å². The van der Waals surface area contributed by atoms with E-state index in [0.717, 1.165) is 42.3 Å². The van der Waals surface area contributed by atoms with Crippen LogP contribution in [0, 0.1) is 5.92 Å². The van der Waals surface area contributed by atoms with Crippen molar-refractivity contribution in [1.29, 1.82) is 0 Å². The van der Waals surface area contributed by atoms with E-state index < -0.39 is 0 Å². The van der Waals surface area contributed by atoms with E-state index in [2.05, 4.69) is 31.5 Å². The van der Waals surface area contributed by atoms with Crippen molar-refractivity contribution >= 4 is 27.5 Å². The lowest BCUT2D eigenvalue weighted by Crippen LogP contribution is -2.36. The molecule has 0 spiro atoms. The van der Waals surface area contributed by atoms with Gasteiger partial charge in [0.15, 0.2) is 0 Å². The van der Waals surface area contributed by atoms with Gasteiger partial charge in [0.05, 0.1) is 0 Å². The number of hydrogen-bond acceptors (Lipinski definition) is 3. The van der Waals surface area contributed by atoms with Crippen molar-refractivity contribution in [2.75, 3.05) is 38.5 Å². The Balaban J connectivity index is 1.64. The van der Waals surface area contributed by atoms with Gasteiger partial charge >= 0.3 is 0 Å². The number of amides is 1. The summed E-state index contributed by atoms with van der Waals surface area (Å²) in [6.07, 6.45) is 4.36. The minimum Gasteiger partial charge on any atom is -0.326 e. The lowest BCUT2D eigenvalue weighted by Gasteiger charge is -2.31. The second-order valence-electron chi connectivity index (χ2n) is 5.98. The summed E-state index contributed by atoms with van der Waals surface area (Å²) in [6, 6.07) is 7.70. The molecular formula is C17H26BrN3O. The Hall–Kier alpha value is -0.910. The molecule has 0 aliphatic carbocycles. The third-order valence-corrected chi connectivity index (χ3v) is 4.82. The van der Waals surface area contributed by atoms with Crippen LogP contribution in [-0.4, -0.2) is 44.0 Å². The van der Waals surface area contributed by atoms with Gasteiger partial charge in [-0.15, -0.1) is 0 Å². The van der Waals surface area contributed by atoms with Crippen LogP contribution in [0.4, 0.5) is 5.69 Å². The lowest BCUT2D eigenvalue weighted by molar-refractivity contribution is -0.116. The first-order valence-corrected chi connectivity index (χ1v) is 8.89. The van der Waals surface area contributed by atoms with E-state index in [9.17, 15) is 4.79 Å². The Morgan fingerprint density at radius 3 is 2.59 bits per heavy atom. The van der Waals surface area contributed by atoms with Crippen molar-refractivity contribution in [3.8, 4) is 0 Å². The molecule has 0 unspecified atom stereocenters. The quantitative estimate of drug-likeness (QED) is 0.778. The Bertz CT molecular complexity index is 455. The molecule has 122 valence electrons. The fourth-order valence-electron chi connectivity index (χ4n) is 2.86. The maximum absolute atomic E-state index is 12.0. The number of benzene rings is 1. The summed E-state index contributed by atoms with van der Waals surface area (Å²) < 4.78 is 1.02. The molecule has 0 atom stereocenters. The first-order valence-electron chi connectivity index (χ1n) is 8.10. The number of anilines is 1. The zero-order chi connectivity index (χ0) is 15.8. The number of nitrogens with one attached hydrogen (secondary N) is 2. The van der Waals surface area contributed by atoms with Gasteiger partial charge in [-0.25, -0.2) is 0 Å². The zero-order valence-electron chi connectivity index (χ0n) is 13.3. The number of carbonyl (C=O) groups excluding carboxylic acids is 1. The molecule has 1 saturated heterocycles. The molecule has 0 saturated carbocycles. The van der Waals surface area contributed by atoms with E-state index in [1.807, 2.05) is 31.3 Å². The summed E-state index contributed by atoms with van der Waals surface area (Å²) in [5.41, 5.74) is 0.860.